The van der Waals surface area contributed by atoms with E-state index in [1.54, 1.807) is 17.9 Å². The van der Waals surface area contributed by atoms with Gasteiger partial charge < -0.3 is 19.3 Å². The van der Waals surface area contributed by atoms with Crippen molar-refractivity contribution in [3.05, 3.63) is 47.5 Å². The zero-order valence-corrected chi connectivity index (χ0v) is 22.2. The first-order valence-electron chi connectivity index (χ1n) is 12.8. The highest BCUT2D eigenvalue weighted by Crippen LogP contribution is 2.47. The summed E-state index contributed by atoms with van der Waals surface area (Å²) in [6, 6.07) is 6.79. The van der Waals surface area contributed by atoms with Gasteiger partial charge in [-0.3, -0.25) is 4.79 Å². The maximum absolute atomic E-state index is 15.1. The number of amidine groups is 1. The summed E-state index contributed by atoms with van der Waals surface area (Å²) in [4.78, 5) is 28.6. The second-order valence-electron chi connectivity index (χ2n) is 11.1. The fourth-order valence-electron chi connectivity index (χ4n) is 5.47. The molecule has 1 fully saturated rings. The van der Waals surface area contributed by atoms with E-state index >= 15 is 8.78 Å². The molecule has 2 aromatic carbocycles. The lowest BCUT2D eigenvalue weighted by Crippen LogP contribution is -2.55. The minimum Gasteiger partial charge on any atom is -0.483 e. The van der Waals surface area contributed by atoms with Gasteiger partial charge in [0.1, 0.15) is 35.6 Å². The second-order valence-corrected chi connectivity index (χ2v) is 11.1. The first kappa shape index (κ1) is 25.9. The predicted octanol–water partition coefficient (Wildman–Crippen LogP) is 5.02. The first-order chi connectivity index (χ1) is 17.9. The van der Waals surface area contributed by atoms with E-state index in [9.17, 15) is 9.59 Å². The number of piperidine rings is 1. The Kier molecular flexibility index (Phi) is 6.53. The highest BCUT2D eigenvalue weighted by atomic mass is 19.1. The number of rotatable bonds is 2. The molecule has 8 nitrogen and oxygen atoms in total. The molecule has 5 rings (SSSR count). The predicted molar refractivity (Wildman–Crippen MR) is 139 cm³/mol. The zero-order valence-electron chi connectivity index (χ0n) is 22.2. The lowest BCUT2D eigenvalue weighted by atomic mass is 9.78. The molecule has 0 aliphatic carbocycles. The Morgan fingerprint density at radius 2 is 1.89 bits per heavy atom. The van der Waals surface area contributed by atoms with Crippen LogP contribution >= 0.6 is 0 Å². The average Bonchev–Trinajstić information content (AvgIpc) is 2.84. The summed E-state index contributed by atoms with van der Waals surface area (Å²) < 4.78 is 41.7. The molecule has 2 amide bonds. The number of hydrogen-bond acceptors (Lipinski definition) is 6. The summed E-state index contributed by atoms with van der Waals surface area (Å²) in [6.45, 7) is 10.2. The van der Waals surface area contributed by atoms with Crippen molar-refractivity contribution in [1.29, 1.82) is 0 Å². The van der Waals surface area contributed by atoms with Gasteiger partial charge in [0.25, 0.3) is 5.91 Å². The maximum Gasteiger partial charge on any atom is 0.410 e. The molecule has 2 aromatic rings. The highest BCUT2D eigenvalue weighted by molar-refractivity contribution is 6.09. The van der Waals surface area contributed by atoms with Gasteiger partial charge in [-0.1, -0.05) is 13.0 Å². The normalized spacial score (nSPS) is 23.1. The van der Waals surface area contributed by atoms with Gasteiger partial charge in [-0.2, -0.15) is 5.10 Å². The van der Waals surface area contributed by atoms with E-state index in [-0.39, 0.29) is 36.0 Å². The lowest BCUT2D eigenvalue weighted by molar-refractivity contribution is -0.122. The molecular formula is C28H32F2N4O4. The van der Waals surface area contributed by atoms with Gasteiger partial charge in [0.15, 0.2) is 5.84 Å². The molecule has 3 heterocycles. The van der Waals surface area contributed by atoms with Crippen molar-refractivity contribution in [2.75, 3.05) is 24.6 Å². The number of ether oxygens (including phenoxy) is 2. The molecule has 38 heavy (non-hydrogen) atoms. The Labute approximate surface area is 220 Å². The van der Waals surface area contributed by atoms with Gasteiger partial charge in [0, 0.05) is 13.1 Å². The van der Waals surface area contributed by atoms with E-state index in [4.69, 9.17) is 9.47 Å². The van der Waals surface area contributed by atoms with Crippen molar-refractivity contribution in [3.63, 3.8) is 0 Å². The molecule has 10 heteroatoms. The SMILES string of the molecule is C[C@@H]1C(=O)NN=C2COc3cc(-c4c(F)cccc4F)c([C@@H]4CCN(C(=O)OC(C)(C)C)C[C@@H]4C)cc3N21. The van der Waals surface area contributed by atoms with Crippen LogP contribution in [0.3, 0.4) is 0 Å². The highest BCUT2D eigenvalue weighted by Gasteiger charge is 2.39. The summed E-state index contributed by atoms with van der Waals surface area (Å²) in [6.07, 6.45) is 0.191. The Bertz CT molecular complexity index is 1300. The number of anilines is 1. The number of nitrogens with zero attached hydrogens (tertiary/aromatic N) is 3. The van der Waals surface area contributed by atoms with Crippen LogP contribution in [0.2, 0.25) is 0 Å². The molecule has 3 aliphatic heterocycles. The van der Waals surface area contributed by atoms with Crippen molar-refractivity contribution in [1.82, 2.24) is 10.3 Å². The molecule has 0 saturated carbocycles. The third-order valence-corrected chi connectivity index (χ3v) is 7.28. The van der Waals surface area contributed by atoms with Crippen LogP contribution in [0.1, 0.15) is 52.5 Å². The molecule has 0 unspecified atom stereocenters. The number of benzene rings is 2. The Morgan fingerprint density at radius 3 is 2.55 bits per heavy atom. The third-order valence-electron chi connectivity index (χ3n) is 7.28. The van der Waals surface area contributed by atoms with Crippen LogP contribution in [-0.2, 0) is 9.53 Å². The van der Waals surface area contributed by atoms with E-state index in [0.29, 0.717) is 42.3 Å². The topological polar surface area (TPSA) is 83.5 Å². The number of amides is 2. The smallest absolute Gasteiger partial charge is 0.410 e. The van der Waals surface area contributed by atoms with Crippen LogP contribution in [0.25, 0.3) is 11.1 Å². The molecule has 3 aliphatic rings. The molecule has 0 radical (unpaired) electrons. The standard InChI is InChI=1S/C28H32F2N4O4/c1-15-13-33(27(36)38-28(3,4)5)10-9-17(15)18-11-22-23(12-19(18)25-20(29)7-6-8-21(25)30)37-14-24-31-32-26(35)16(2)34(22)24/h6-8,11-12,15-17H,9-10,13-14H2,1-5H3,(H,32,35)/t15-,16+,17+/m0/s1. The van der Waals surface area contributed by atoms with Gasteiger partial charge in [-0.25, -0.2) is 19.0 Å². The quantitative estimate of drug-likeness (QED) is 0.594. The molecule has 202 valence electrons. The summed E-state index contributed by atoms with van der Waals surface area (Å²) in [5, 5.41) is 4.15. The van der Waals surface area contributed by atoms with Crippen molar-refractivity contribution in [2.24, 2.45) is 11.0 Å². The van der Waals surface area contributed by atoms with Crippen LogP contribution in [0, 0.1) is 17.6 Å². The van der Waals surface area contributed by atoms with Gasteiger partial charge >= 0.3 is 6.09 Å². The monoisotopic (exact) mass is 526 g/mol. The van der Waals surface area contributed by atoms with Crippen molar-refractivity contribution in [2.45, 2.75) is 58.6 Å². The van der Waals surface area contributed by atoms with Crippen molar-refractivity contribution < 1.29 is 27.8 Å². The number of hydrazone groups is 1. The lowest BCUT2D eigenvalue weighted by Gasteiger charge is -2.41. The Hall–Kier alpha value is -3.69. The zero-order chi connectivity index (χ0) is 27.4. The number of likely N-dealkylation sites (tertiary alicyclic amines) is 1. The number of nitrogens with one attached hydrogen (secondary N) is 1. The minimum atomic E-state index is -0.672. The number of carbonyl (C=O) groups is 2. The van der Waals surface area contributed by atoms with Crippen LogP contribution in [0.5, 0.6) is 5.75 Å². The van der Waals surface area contributed by atoms with Gasteiger partial charge in [-0.05, 0) is 81.3 Å². The summed E-state index contributed by atoms with van der Waals surface area (Å²) in [7, 11) is 0. The second kappa shape index (κ2) is 9.56. The first-order valence-corrected chi connectivity index (χ1v) is 12.8. The van der Waals surface area contributed by atoms with Crippen LogP contribution in [0.4, 0.5) is 19.3 Å². The van der Waals surface area contributed by atoms with Gasteiger partial charge in [0.05, 0.1) is 11.3 Å². The van der Waals surface area contributed by atoms with Crippen molar-refractivity contribution in [3.8, 4) is 16.9 Å². The van der Waals surface area contributed by atoms with Crippen LogP contribution in [0.15, 0.2) is 35.4 Å². The summed E-state index contributed by atoms with van der Waals surface area (Å²) in [5.74, 6) is -0.792. The summed E-state index contributed by atoms with van der Waals surface area (Å²) >= 11 is 0. The minimum absolute atomic E-state index is 0.0392. The molecule has 1 N–H and O–H groups in total. The van der Waals surface area contributed by atoms with Crippen LogP contribution < -0.4 is 15.1 Å². The van der Waals surface area contributed by atoms with E-state index in [1.807, 2.05) is 38.7 Å². The molecule has 0 aromatic heterocycles. The average molecular weight is 527 g/mol. The number of fused-ring (bicyclic) bond motifs is 3. The third kappa shape index (κ3) is 4.68. The summed E-state index contributed by atoms with van der Waals surface area (Å²) in [5.41, 5.74) is 3.52. The fraction of sp³-hybridized carbons (Fsp3) is 0.464. The van der Waals surface area contributed by atoms with E-state index in [0.717, 1.165) is 5.56 Å². The van der Waals surface area contributed by atoms with E-state index in [1.165, 1.54) is 18.2 Å². The van der Waals surface area contributed by atoms with Crippen LogP contribution in [-0.4, -0.2) is 54.1 Å². The van der Waals surface area contributed by atoms with Gasteiger partial charge in [-0.15, -0.1) is 0 Å². The van der Waals surface area contributed by atoms with Gasteiger partial charge in [0.2, 0.25) is 0 Å². The molecule has 0 bridgehead atoms. The number of halogens is 2. The molecule has 0 spiro atoms. The van der Waals surface area contributed by atoms with E-state index < -0.39 is 23.3 Å². The number of carbonyl (C=O) groups excluding carboxylic acids is 2. The van der Waals surface area contributed by atoms with E-state index in [2.05, 4.69) is 10.5 Å². The molecule has 1 saturated heterocycles. The molecule has 3 atom stereocenters. The molecular weight excluding hydrogens is 494 g/mol. The Balaban J connectivity index is 1.59. The largest absolute Gasteiger partial charge is 0.483 e. The Morgan fingerprint density at radius 1 is 1.18 bits per heavy atom. The fourth-order valence-corrected chi connectivity index (χ4v) is 5.47. The maximum atomic E-state index is 15.1. The van der Waals surface area contributed by atoms with Crippen molar-refractivity contribution >= 4 is 23.5 Å². The number of hydrogen-bond donors (Lipinski definition) is 1.